The van der Waals surface area contributed by atoms with Crippen molar-refractivity contribution in [2.24, 2.45) is 17.3 Å². The molecule has 1 fully saturated rings. The first kappa shape index (κ1) is 13.9. The third-order valence-electron chi connectivity index (χ3n) is 6.50. The highest BCUT2D eigenvalue weighted by Crippen LogP contribution is 2.62. The Kier molecular flexibility index (Phi) is 2.93. The Bertz CT molecular complexity index is 696. The fourth-order valence-corrected chi connectivity index (χ4v) is 5.37. The van der Waals surface area contributed by atoms with Gasteiger partial charge in [0.1, 0.15) is 5.75 Å². The van der Waals surface area contributed by atoms with E-state index in [1.165, 1.54) is 11.1 Å². The van der Waals surface area contributed by atoms with Crippen molar-refractivity contribution in [3.8, 4) is 18.1 Å². The SMILES string of the molecule is C#CC1=CC[C@H]2[C@@H]3C[C@@H](O)c4cc(O)ccc4[C@H]3CC[C@]12C. The van der Waals surface area contributed by atoms with Gasteiger partial charge in [-0.15, -0.1) is 6.42 Å². The van der Waals surface area contributed by atoms with Crippen molar-refractivity contribution in [2.75, 3.05) is 0 Å². The molecule has 0 saturated heterocycles. The molecule has 0 bridgehead atoms. The van der Waals surface area contributed by atoms with Gasteiger partial charge in [-0.3, -0.25) is 0 Å². The first-order valence-electron chi connectivity index (χ1n) is 8.22. The Hall–Kier alpha value is -1.72. The van der Waals surface area contributed by atoms with Crippen molar-refractivity contribution in [1.29, 1.82) is 0 Å². The van der Waals surface area contributed by atoms with Gasteiger partial charge in [0, 0.05) is 11.0 Å². The second-order valence-electron chi connectivity index (χ2n) is 7.40. The summed E-state index contributed by atoms with van der Waals surface area (Å²) in [4.78, 5) is 0. The molecule has 0 aromatic heterocycles. The van der Waals surface area contributed by atoms with Crippen LogP contribution < -0.4 is 0 Å². The maximum Gasteiger partial charge on any atom is 0.115 e. The second-order valence-corrected chi connectivity index (χ2v) is 7.40. The molecule has 1 saturated carbocycles. The predicted molar refractivity (Wildman–Crippen MR) is 86.3 cm³/mol. The van der Waals surface area contributed by atoms with Crippen molar-refractivity contribution >= 4 is 0 Å². The largest absolute Gasteiger partial charge is 0.508 e. The molecule has 3 aliphatic rings. The van der Waals surface area contributed by atoms with E-state index in [0.717, 1.165) is 31.2 Å². The number of aliphatic hydroxyl groups excluding tert-OH is 1. The number of phenolic OH excluding ortho intramolecular Hbond substituents is 1. The number of hydrogen-bond donors (Lipinski definition) is 2. The molecular formula is C20H22O2. The minimum atomic E-state index is -0.472. The lowest BCUT2D eigenvalue weighted by molar-refractivity contribution is 0.0286. The molecule has 3 aliphatic carbocycles. The van der Waals surface area contributed by atoms with Crippen LogP contribution in [0.15, 0.2) is 29.8 Å². The maximum absolute atomic E-state index is 10.6. The molecule has 114 valence electrons. The molecule has 0 spiro atoms. The third-order valence-corrected chi connectivity index (χ3v) is 6.50. The molecule has 0 radical (unpaired) electrons. The van der Waals surface area contributed by atoms with Crippen molar-refractivity contribution < 1.29 is 10.2 Å². The molecule has 0 unspecified atom stereocenters. The minimum Gasteiger partial charge on any atom is -0.508 e. The molecule has 0 heterocycles. The van der Waals surface area contributed by atoms with Gasteiger partial charge in [-0.05, 0) is 66.7 Å². The number of rotatable bonds is 0. The Morgan fingerprint density at radius 2 is 2.14 bits per heavy atom. The fourth-order valence-electron chi connectivity index (χ4n) is 5.37. The Labute approximate surface area is 131 Å². The summed E-state index contributed by atoms with van der Waals surface area (Å²) in [6.07, 6.45) is 11.5. The van der Waals surface area contributed by atoms with Crippen molar-refractivity contribution in [2.45, 2.75) is 44.6 Å². The lowest BCUT2D eigenvalue weighted by atomic mass is 9.54. The van der Waals surface area contributed by atoms with Crippen molar-refractivity contribution in [1.82, 2.24) is 0 Å². The number of terminal acetylenes is 1. The van der Waals surface area contributed by atoms with Gasteiger partial charge in [-0.25, -0.2) is 0 Å². The van der Waals surface area contributed by atoms with E-state index in [1.807, 2.05) is 6.07 Å². The lowest BCUT2D eigenvalue weighted by Gasteiger charge is -2.50. The van der Waals surface area contributed by atoms with Crippen LogP contribution in [0, 0.1) is 29.6 Å². The smallest absolute Gasteiger partial charge is 0.115 e. The monoisotopic (exact) mass is 294 g/mol. The van der Waals surface area contributed by atoms with Gasteiger partial charge in [-0.2, -0.15) is 0 Å². The number of hydrogen-bond acceptors (Lipinski definition) is 2. The van der Waals surface area contributed by atoms with Crippen LogP contribution in [0.25, 0.3) is 0 Å². The zero-order valence-corrected chi connectivity index (χ0v) is 12.9. The average Bonchev–Trinajstić information content (AvgIpc) is 2.84. The van der Waals surface area contributed by atoms with Gasteiger partial charge in [0.05, 0.1) is 6.10 Å². The number of aliphatic hydroxyl groups is 1. The molecule has 2 N–H and O–H groups in total. The molecule has 1 aromatic carbocycles. The van der Waals surface area contributed by atoms with Crippen LogP contribution in [0.4, 0.5) is 0 Å². The van der Waals surface area contributed by atoms with Crippen LogP contribution in [0.3, 0.4) is 0 Å². The number of allylic oxidation sites excluding steroid dienone is 2. The molecule has 5 atom stereocenters. The normalized spacial score (nSPS) is 39.2. The number of benzene rings is 1. The summed E-state index contributed by atoms with van der Waals surface area (Å²) < 4.78 is 0. The first-order chi connectivity index (χ1) is 10.5. The zero-order chi connectivity index (χ0) is 15.5. The van der Waals surface area contributed by atoms with E-state index >= 15 is 0 Å². The predicted octanol–water partition coefficient (Wildman–Crippen LogP) is 3.91. The van der Waals surface area contributed by atoms with Crippen molar-refractivity contribution in [3.05, 3.63) is 41.0 Å². The maximum atomic E-state index is 10.6. The Balaban J connectivity index is 1.75. The van der Waals surface area contributed by atoms with Gasteiger partial charge < -0.3 is 10.2 Å². The molecule has 4 rings (SSSR count). The average molecular weight is 294 g/mol. The molecule has 0 aliphatic heterocycles. The highest BCUT2D eigenvalue weighted by atomic mass is 16.3. The molecule has 22 heavy (non-hydrogen) atoms. The Morgan fingerprint density at radius 3 is 2.91 bits per heavy atom. The van der Waals surface area contributed by atoms with E-state index in [0.29, 0.717) is 17.8 Å². The summed E-state index contributed by atoms with van der Waals surface area (Å²) in [6.45, 7) is 2.31. The summed E-state index contributed by atoms with van der Waals surface area (Å²) in [5.41, 5.74) is 3.44. The van der Waals surface area contributed by atoms with Gasteiger partial charge in [-0.1, -0.05) is 25.0 Å². The summed E-state index contributed by atoms with van der Waals surface area (Å²) >= 11 is 0. The molecule has 2 nitrogen and oxygen atoms in total. The third kappa shape index (κ3) is 1.72. The van der Waals surface area contributed by atoms with Crippen LogP contribution in [0.1, 0.15) is 55.8 Å². The topological polar surface area (TPSA) is 40.5 Å². The summed E-state index contributed by atoms with van der Waals surface area (Å²) in [6, 6.07) is 5.50. The fraction of sp³-hybridized carbons (Fsp3) is 0.500. The van der Waals surface area contributed by atoms with Crippen LogP contribution in [-0.4, -0.2) is 10.2 Å². The standard InChI is InChI=1S/C20H22O2/c1-3-12-4-7-18-16-11-19(22)17-10-13(21)5-6-14(17)15(16)8-9-20(12,18)2/h1,4-6,10,15-16,18-19,21-22H,7-9,11H2,2H3/t15-,16-,18+,19-,20-/m1/s1. The van der Waals surface area contributed by atoms with Crippen LogP contribution >= 0.6 is 0 Å². The highest BCUT2D eigenvalue weighted by molar-refractivity contribution is 5.44. The van der Waals surface area contributed by atoms with Crippen LogP contribution in [-0.2, 0) is 0 Å². The molecular weight excluding hydrogens is 272 g/mol. The van der Waals surface area contributed by atoms with E-state index in [1.54, 1.807) is 12.1 Å². The quantitative estimate of drug-likeness (QED) is 0.712. The molecule has 1 aromatic rings. The van der Waals surface area contributed by atoms with E-state index < -0.39 is 6.10 Å². The van der Waals surface area contributed by atoms with Gasteiger partial charge >= 0.3 is 0 Å². The number of fused-ring (bicyclic) bond motifs is 5. The highest BCUT2D eigenvalue weighted by Gasteiger charge is 2.52. The minimum absolute atomic E-state index is 0.115. The van der Waals surface area contributed by atoms with E-state index in [4.69, 9.17) is 6.42 Å². The summed E-state index contributed by atoms with van der Waals surface area (Å²) in [5.74, 6) is 4.65. The number of aromatic hydroxyl groups is 1. The van der Waals surface area contributed by atoms with Crippen LogP contribution in [0.2, 0.25) is 0 Å². The van der Waals surface area contributed by atoms with E-state index in [-0.39, 0.29) is 11.2 Å². The zero-order valence-electron chi connectivity index (χ0n) is 12.9. The Morgan fingerprint density at radius 1 is 1.32 bits per heavy atom. The van der Waals surface area contributed by atoms with E-state index in [9.17, 15) is 10.2 Å². The molecule has 2 heteroatoms. The van der Waals surface area contributed by atoms with Gasteiger partial charge in [0.15, 0.2) is 0 Å². The second kappa shape index (κ2) is 4.64. The summed E-state index contributed by atoms with van der Waals surface area (Å²) in [5, 5.41) is 20.3. The van der Waals surface area contributed by atoms with Gasteiger partial charge in [0.2, 0.25) is 0 Å². The van der Waals surface area contributed by atoms with E-state index in [2.05, 4.69) is 18.9 Å². The first-order valence-corrected chi connectivity index (χ1v) is 8.22. The van der Waals surface area contributed by atoms with Gasteiger partial charge in [0.25, 0.3) is 0 Å². The number of phenols is 1. The summed E-state index contributed by atoms with van der Waals surface area (Å²) in [7, 11) is 0. The molecule has 0 amide bonds. The lowest BCUT2D eigenvalue weighted by Crippen LogP contribution is -2.41. The van der Waals surface area contributed by atoms with Crippen LogP contribution in [0.5, 0.6) is 5.75 Å². The van der Waals surface area contributed by atoms with Crippen molar-refractivity contribution in [3.63, 3.8) is 0 Å².